The molecule has 0 fully saturated rings. The van der Waals surface area contributed by atoms with Crippen LogP contribution in [0.15, 0.2) is 29.9 Å². The van der Waals surface area contributed by atoms with E-state index < -0.39 is 0 Å². The summed E-state index contributed by atoms with van der Waals surface area (Å²) < 4.78 is 1.92. The van der Waals surface area contributed by atoms with Crippen LogP contribution < -0.4 is 5.32 Å². The van der Waals surface area contributed by atoms with E-state index in [0.717, 1.165) is 19.5 Å². The van der Waals surface area contributed by atoms with Crippen molar-refractivity contribution in [2.24, 2.45) is 0 Å². The highest BCUT2D eigenvalue weighted by Crippen LogP contribution is 2.24. The minimum Gasteiger partial charge on any atom is -0.337 e. The van der Waals surface area contributed by atoms with Crippen molar-refractivity contribution in [3.05, 3.63) is 40.3 Å². The highest BCUT2D eigenvalue weighted by molar-refractivity contribution is 7.10. The zero-order chi connectivity index (χ0) is 16.4. The number of carbonyl (C=O) groups excluding carboxylic acids is 1. The zero-order valence-corrected chi connectivity index (χ0v) is 14.7. The summed E-state index contributed by atoms with van der Waals surface area (Å²) in [6.45, 7) is 7.73. The molecule has 3 unspecified atom stereocenters. The summed E-state index contributed by atoms with van der Waals surface area (Å²) in [4.78, 5) is 16.1. The smallest absolute Gasteiger partial charge is 0.239 e. The molecule has 0 radical (unpaired) electrons. The summed E-state index contributed by atoms with van der Waals surface area (Å²) in [5.41, 5.74) is 1.31. The first-order valence-corrected chi connectivity index (χ1v) is 9.03. The van der Waals surface area contributed by atoms with Crippen molar-refractivity contribution in [1.29, 1.82) is 0 Å². The molecule has 1 amide bonds. The van der Waals surface area contributed by atoms with Crippen LogP contribution in [0.4, 0.5) is 0 Å². The lowest BCUT2D eigenvalue weighted by Gasteiger charge is -2.32. The van der Waals surface area contributed by atoms with Gasteiger partial charge in [-0.3, -0.25) is 9.48 Å². The molecule has 1 aliphatic heterocycles. The van der Waals surface area contributed by atoms with Gasteiger partial charge in [0, 0.05) is 36.4 Å². The molecule has 3 heterocycles. The van der Waals surface area contributed by atoms with Gasteiger partial charge < -0.3 is 10.2 Å². The second-order valence-corrected chi connectivity index (χ2v) is 7.28. The molecule has 1 N–H and O–H groups in total. The van der Waals surface area contributed by atoms with Crippen LogP contribution in [0.3, 0.4) is 0 Å². The molecule has 0 aliphatic carbocycles. The highest BCUT2D eigenvalue weighted by Gasteiger charge is 2.27. The summed E-state index contributed by atoms with van der Waals surface area (Å²) in [7, 11) is 0. The molecular weight excluding hydrogens is 308 g/mol. The van der Waals surface area contributed by atoms with E-state index in [1.165, 1.54) is 10.4 Å². The van der Waals surface area contributed by atoms with Crippen molar-refractivity contribution >= 4 is 17.2 Å². The fourth-order valence-electron chi connectivity index (χ4n) is 3.07. The first-order valence-electron chi connectivity index (χ1n) is 8.15. The molecule has 23 heavy (non-hydrogen) atoms. The van der Waals surface area contributed by atoms with Gasteiger partial charge in [-0.05, 0) is 50.3 Å². The maximum atomic E-state index is 12.7. The third kappa shape index (κ3) is 3.48. The van der Waals surface area contributed by atoms with Crippen LogP contribution >= 0.6 is 11.3 Å². The van der Waals surface area contributed by atoms with Crippen molar-refractivity contribution in [2.45, 2.75) is 51.9 Å². The molecule has 2 aromatic heterocycles. The van der Waals surface area contributed by atoms with E-state index >= 15 is 0 Å². The van der Waals surface area contributed by atoms with Gasteiger partial charge in [-0.25, -0.2) is 0 Å². The Bertz CT molecular complexity index is 651. The molecule has 0 aromatic carbocycles. The Morgan fingerprint density at radius 2 is 2.22 bits per heavy atom. The lowest BCUT2D eigenvalue weighted by molar-refractivity contribution is -0.134. The predicted octanol–water partition coefficient (Wildman–Crippen LogP) is 2.46. The maximum absolute atomic E-state index is 12.7. The third-order valence-electron chi connectivity index (χ3n) is 4.67. The number of carbonyl (C=O) groups is 1. The van der Waals surface area contributed by atoms with Crippen LogP contribution in [0.1, 0.15) is 37.3 Å². The Morgan fingerprint density at radius 3 is 2.96 bits per heavy atom. The number of nitrogens with one attached hydrogen (secondary N) is 1. The lowest BCUT2D eigenvalue weighted by Crippen LogP contribution is -2.50. The highest BCUT2D eigenvalue weighted by atomic mass is 32.1. The number of rotatable bonds is 5. The van der Waals surface area contributed by atoms with Gasteiger partial charge in [-0.2, -0.15) is 5.10 Å². The number of hydrogen-bond donors (Lipinski definition) is 1. The van der Waals surface area contributed by atoms with Crippen molar-refractivity contribution in [2.75, 3.05) is 6.54 Å². The van der Waals surface area contributed by atoms with Crippen molar-refractivity contribution in [1.82, 2.24) is 20.0 Å². The van der Waals surface area contributed by atoms with Crippen LogP contribution in [0.2, 0.25) is 0 Å². The number of hydrogen-bond acceptors (Lipinski definition) is 4. The van der Waals surface area contributed by atoms with Crippen molar-refractivity contribution in [3.8, 4) is 0 Å². The molecule has 2 aromatic rings. The largest absolute Gasteiger partial charge is 0.337 e. The SMILES string of the molecule is CC(NC(C)C(C)n1cccn1)C(=O)N1CCc2sccc2C1. The van der Waals surface area contributed by atoms with Crippen LogP contribution in [-0.4, -0.2) is 39.2 Å². The van der Waals surface area contributed by atoms with E-state index in [-0.39, 0.29) is 24.0 Å². The molecule has 124 valence electrons. The molecule has 3 atom stereocenters. The van der Waals surface area contributed by atoms with E-state index in [9.17, 15) is 4.79 Å². The minimum atomic E-state index is -0.191. The normalized spacial score (nSPS) is 18.3. The Labute approximate surface area is 141 Å². The maximum Gasteiger partial charge on any atom is 0.239 e. The zero-order valence-electron chi connectivity index (χ0n) is 13.9. The number of amides is 1. The molecule has 0 spiro atoms. The monoisotopic (exact) mass is 332 g/mol. The van der Waals surface area contributed by atoms with E-state index in [1.54, 1.807) is 17.5 Å². The molecular formula is C17H24N4OS. The fourth-order valence-corrected chi connectivity index (χ4v) is 3.96. The van der Waals surface area contributed by atoms with E-state index in [0.29, 0.717) is 0 Å². The van der Waals surface area contributed by atoms with Gasteiger partial charge in [0.2, 0.25) is 5.91 Å². The number of fused-ring (bicyclic) bond motifs is 1. The minimum absolute atomic E-state index is 0.162. The van der Waals surface area contributed by atoms with Crippen LogP contribution in [0.5, 0.6) is 0 Å². The summed E-state index contributed by atoms with van der Waals surface area (Å²) in [5, 5.41) is 9.83. The topological polar surface area (TPSA) is 50.2 Å². The van der Waals surface area contributed by atoms with Crippen LogP contribution in [0.25, 0.3) is 0 Å². The van der Waals surface area contributed by atoms with Crippen molar-refractivity contribution < 1.29 is 4.79 Å². The third-order valence-corrected chi connectivity index (χ3v) is 5.69. The summed E-state index contributed by atoms with van der Waals surface area (Å²) >= 11 is 1.80. The van der Waals surface area contributed by atoms with E-state index in [1.807, 2.05) is 28.8 Å². The molecule has 0 bridgehead atoms. The number of nitrogens with zero attached hydrogens (tertiary/aromatic N) is 3. The molecule has 6 heteroatoms. The predicted molar refractivity (Wildman–Crippen MR) is 92.4 cm³/mol. The van der Waals surface area contributed by atoms with E-state index in [4.69, 9.17) is 0 Å². The second kappa shape index (κ2) is 6.84. The standard InChI is InChI=1S/C17H24N4OS/c1-12(14(3)21-8-4-7-18-21)19-13(2)17(22)20-9-5-16-15(11-20)6-10-23-16/h4,6-8,10,12-14,19H,5,9,11H2,1-3H3. The molecule has 5 nitrogen and oxygen atoms in total. The van der Waals surface area contributed by atoms with Gasteiger partial charge >= 0.3 is 0 Å². The first kappa shape index (κ1) is 16.2. The van der Waals surface area contributed by atoms with Crippen LogP contribution in [0, 0.1) is 0 Å². The molecule has 1 aliphatic rings. The first-order chi connectivity index (χ1) is 11.1. The summed E-state index contributed by atoms with van der Waals surface area (Å²) in [6, 6.07) is 4.23. The Hall–Kier alpha value is -1.66. The van der Waals surface area contributed by atoms with Crippen molar-refractivity contribution in [3.63, 3.8) is 0 Å². The van der Waals surface area contributed by atoms with Gasteiger partial charge in [-0.1, -0.05) is 0 Å². The lowest BCUT2D eigenvalue weighted by atomic mass is 10.1. The molecule has 0 saturated heterocycles. The number of aromatic nitrogens is 2. The Kier molecular flexibility index (Phi) is 4.82. The van der Waals surface area contributed by atoms with Gasteiger partial charge in [0.1, 0.15) is 0 Å². The average Bonchev–Trinajstić information content (AvgIpc) is 3.23. The molecule has 3 rings (SSSR count). The van der Waals surface area contributed by atoms with Gasteiger partial charge in [0.15, 0.2) is 0 Å². The summed E-state index contributed by atoms with van der Waals surface area (Å²) in [6.07, 6.45) is 4.72. The summed E-state index contributed by atoms with van der Waals surface area (Å²) in [5.74, 6) is 0.182. The average molecular weight is 332 g/mol. The fraction of sp³-hybridized carbons (Fsp3) is 0.529. The number of thiophene rings is 1. The Balaban J connectivity index is 1.57. The van der Waals surface area contributed by atoms with Gasteiger partial charge in [-0.15, -0.1) is 11.3 Å². The second-order valence-electron chi connectivity index (χ2n) is 6.28. The quantitative estimate of drug-likeness (QED) is 0.915. The van der Waals surface area contributed by atoms with Crippen LogP contribution in [-0.2, 0) is 17.8 Å². The van der Waals surface area contributed by atoms with E-state index in [2.05, 4.69) is 35.7 Å². The Morgan fingerprint density at radius 1 is 1.39 bits per heavy atom. The molecule has 0 saturated carbocycles. The van der Waals surface area contributed by atoms with Gasteiger partial charge in [0.05, 0.1) is 12.1 Å². The van der Waals surface area contributed by atoms with Gasteiger partial charge in [0.25, 0.3) is 0 Å².